The number of carboxylic acid groups (broad SMARTS) is 1. The van der Waals surface area contributed by atoms with E-state index in [4.69, 9.17) is 5.11 Å². The van der Waals surface area contributed by atoms with Gasteiger partial charge in [0.25, 0.3) is 11.5 Å². The summed E-state index contributed by atoms with van der Waals surface area (Å²) >= 11 is 0. The number of carboxylic acids is 1. The van der Waals surface area contributed by atoms with E-state index in [-0.39, 0.29) is 23.7 Å². The molecule has 1 amide bonds. The lowest BCUT2D eigenvalue weighted by Gasteiger charge is -2.19. The maximum Gasteiger partial charge on any atom is 0.323 e. The van der Waals surface area contributed by atoms with Crippen LogP contribution in [0.5, 0.6) is 0 Å². The number of aliphatic carboxylic acids is 1. The summed E-state index contributed by atoms with van der Waals surface area (Å²) < 4.78 is 0. The zero-order valence-corrected chi connectivity index (χ0v) is 12.3. The first kappa shape index (κ1) is 16.6. The highest BCUT2D eigenvalue weighted by molar-refractivity contribution is 5.96. The molecule has 0 aliphatic heterocycles. The minimum atomic E-state index is -1.16. The van der Waals surface area contributed by atoms with Gasteiger partial charge in [0.1, 0.15) is 17.9 Å². The van der Waals surface area contributed by atoms with Gasteiger partial charge in [0, 0.05) is 12.5 Å². The van der Waals surface area contributed by atoms with Crippen LogP contribution in [0.3, 0.4) is 0 Å². The first-order valence-electron chi connectivity index (χ1n) is 6.50. The molecule has 0 aromatic carbocycles. The average molecular weight is 293 g/mol. The number of carbonyl (C=O) groups is 2. The summed E-state index contributed by atoms with van der Waals surface area (Å²) in [6.45, 7) is 8.31. The van der Waals surface area contributed by atoms with Gasteiger partial charge in [-0.2, -0.15) is 0 Å². The molecule has 0 unspecified atom stereocenters. The lowest BCUT2D eigenvalue weighted by atomic mass is 10.1. The molecule has 7 heteroatoms. The lowest BCUT2D eigenvalue weighted by Crippen LogP contribution is -2.39. The van der Waals surface area contributed by atoms with E-state index >= 15 is 0 Å². The van der Waals surface area contributed by atoms with Crippen molar-refractivity contribution < 1.29 is 14.7 Å². The van der Waals surface area contributed by atoms with Crippen molar-refractivity contribution in [2.45, 2.75) is 26.7 Å². The van der Waals surface area contributed by atoms with Crippen LogP contribution in [0.15, 0.2) is 17.4 Å². The molecule has 0 saturated carbocycles. The maximum absolute atomic E-state index is 12.3. The van der Waals surface area contributed by atoms with Crippen LogP contribution in [0.2, 0.25) is 0 Å². The number of hydrogen-bond donors (Lipinski definition) is 2. The Kier molecular flexibility index (Phi) is 5.40. The van der Waals surface area contributed by atoms with Gasteiger partial charge in [-0.3, -0.25) is 14.4 Å². The largest absolute Gasteiger partial charge is 0.480 e. The van der Waals surface area contributed by atoms with E-state index in [2.05, 4.69) is 16.5 Å². The van der Waals surface area contributed by atoms with E-state index in [9.17, 15) is 14.4 Å². The number of rotatable bonds is 6. The SMILES string of the molecule is C=CCN(CC(=O)O)C(=O)c1c(C)nc(C(C)C)[nH]c1=O. The number of H-pyrrole nitrogens is 1. The fourth-order valence-corrected chi connectivity index (χ4v) is 1.83. The zero-order valence-electron chi connectivity index (χ0n) is 12.3. The maximum atomic E-state index is 12.3. The van der Waals surface area contributed by atoms with Crippen molar-refractivity contribution in [1.82, 2.24) is 14.9 Å². The predicted molar refractivity (Wildman–Crippen MR) is 77.4 cm³/mol. The molecule has 7 nitrogen and oxygen atoms in total. The van der Waals surface area contributed by atoms with E-state index in [1.165, 1.54) is 6.08 Å². The Labute approximate surface area is 122 Å². The lowest BCUT2D eigenvalue weighted by molar-refractivity contribution is -0.137. The predicted octanol–water partition coefficient (Wildman–Crippen LogP) is 0.915. The Balaban J connectivity index is 3.25. The van der Waals surface area contributed by atoms with Crippen LogP contribution < -0.4 is 5.56 Å². The molecule has 114 valence electrons. The molecule has 21 heavy (non-hydrogen) atoms. The van der Waals surface area contributed by atoms with Crippen LogP contribution in [0.25, 0.3) is 0 Å². The highest BCUT2D eigenvalue weighted by atomic mass is 16.4. The highest BCUT2D eigenvalue weighted by Gasteiger charge is 2.23. The molecular formula is C14H19N3O4. The minimum absolute atomic E-state index is 0.0175. The standard InChI is InChI=1S/C14H19N3O4/c1-5-6-17(7-10(18)19)14(21)11-9(4)15-12(8(2)3)16-13(11)20/h5,8H,1,6-7H2,2-4H3,(H,18,19)(H,15,16,20). The molecule has 0 atom stereocenters. The summed E-state index contributed by atoms with van der Waals surface area (Å²) in [6, 6.07) is 0. The number of amides is 1. The van der Waals surface area contributed by atoms with Gasteiger partial charge in [0.15, 0.2) is 0 Å². The van der Waals surface area contributed by atoms with Crippen LogP contribution in [-0.2, 0) is 4.79 Å². The van der Waals surface area contributed by atoms with Gasteiger partial charge in [-0.05, 0) is 6.92 Å². The van der Waals surface area contributed by atoms with Gasteiger partial charge in [0.05, 0.1) is 5.69 Å². The fourth-order valence-electron chi connectivity index (χ4n) is 1.83. The zero-order chi connectivity index (χ0) is 16.2. The van der Waals surface area contributed by atoms with Crippen LogP contribution in [-0.4, -0.2) is 44.9 Å². The van der Waals surface area contributed by atoms with E-state index in [1.807, 2.05) is 13.8 Å². The van der Waals surface area contributed by atoms with Crippen molar-refractivity contribution in [3.8, 4) is 0 Å². The van der Waals surface area contributed by atoms with Gasteiger partial charge < -0.3 is 15.0 Å². The number of carbonyl (C=O) groups excluding carboxylic acids is 1. The number of aryl methyl sites for hydroxylation is 1. The molecule has 1 heterocycles. The van der Waals surface area contributed by atoms with Crippen LogP contribution in [0.4, 0.5) is 0 Å². The molecule has 1 aromatic rings. The van der Waals surface area contributed by atoms with Crippen molar-refractivity contribution in [2.75, 3.05) is 13.1 Å². The molecule has 0 spiro atoms. The number of aromatic amines is 1. The van der Waals surface area contributed by atoms with E-state index in [1.54, 1.807) is 6.92 Å². The van der Waals surface area contributed by atoms with Crippen LogP contribution >= 0.6 is 0 Å². The molecule has 1 aromatic heterocycles. The van der Waals surface area contributed by atoms with Crippen molar-refractivity contribution in [3.05, 3.63) is 40.1 Å². The summed E-state index contributed by atoms with van der Waals surface area (Å²) in [6.07, 6.45) is 1.40. The summed E-state index contributed by atoms with van der Waals surface area (Å²) in [5.74, 6) is -1.32. The van der Waals surface area contributed by atoms with Crippen LogP contribution in [0.1, 0.15) is 41.6 Å². The summed E-state index contributed by atoms with van der Waals surface area (Å²) in [5, 5.41) is 8.83. The van der Waals surface area contributed by atoms with Gasteiger partial charge in [-0.1, -0.05) is 19.9 Å². The second kappa shape index (κ2) is 6.83. The van der Waals surface area contributed by atoms with Crippen molar-refractivity contribution in [2.24, 2.45) is 0 Å². The monoisotopic (exact) mass is 293 g/mol. The number of nitrogens with zero attached hydrogens (tertiary/aromatic N) is 2. The normalized spacial score (nSPS) is 10.5. The Morgan fingerprint density at radius 2 is 2.10 bits per heavy atom. The molecule has 0 aliphatic carbocycles. The van der Waals surface area contributed by atoms with E-state index < -0.39 is 24.0 Å². The van der Waals surface area contributed by atoms with Crippen molar-refractivity contribution in [3.63, 3.8) is 0 Å². The second-order valence-electron chi connectivity index (χ2n) is 4.93. The third-order valence-corrected chi connectivity index (χ3v) is 2.84. The van der Waals surface area contributed by atoms with E-state index in [0.29, 0.717) is 5.82 Å². The Hall–Kier alpha value is -2.44. The molecule has 0 bridgehead atoms. The number of nitrogens with one attached hydrogen (secondary N) is 1. The van der Waals surface area contributed by atoms with Gasteiger partial charge in [0.2, 0.25) is 0 Å². The molecule has 0 aliphatic rings. The van der Waals surface area contributed by atoms with E-state index in [0.717, 1.165) is 4.90 Å². The Morgan fingerprint density at radius 1 is 1.48 bits per heavy atom. The summed E-state index contributed by atoms with van der Waals surface area (Å²) in [5.41, 5.74) is -0.412. The molecule has 1 rings (SSSR count). The smallest absolute Gasteiger partial charge is 0.323 e. The number of hydrogen-bond acceptors (Lipinski definition) is 4. The molecule has 2 N–H and O–H groups in total. The van der Waals surface area contributed by atoms with Gasteiger partial charge >= 0.3 is 5.97 Å². The Bertz CT molecular complexity index is 619. The highest BCUT2D eigenvalue weighted by Crippen LogP contribution is 2.10. The molecule has 0 radical (unpaired) electrons. The summed E-state index contributed by atoms with van der Waals surface area (Å²) in [7, 11) is 0. The first-order chi connectivity index (χ1) is 9.77. The van der Waals surface area contributed by atoms with Crippen molar-refractivity contribution in [1.29, 1.82) is 0 Å². The number of aromatic nitrogens is 2. The first-order valence-corrected chi connectivity index (χ1v) is 6.50. The van der Waals surface area contributed by atoms with Gasteiger partial charge in [-0.25, -0.2) is 4.98 Å². The second-order valence-corrected chi connectivity index (χ2v) is 4.93. The Morgan fingerprint density at radius 3 is 2.52 bits per heavy atom. The quantitative estimate of drug-likeness (QED) is 0.759. The fraction of sp³-hybridized carbons (Fsp3) is 0.429. The molecule has 0 saturated heterocycles. The summed E-state index contributed by atoms with van der Waals surface area (Å²) in [4.78, 5) is 43.0. The van der Waals surface area contributed by atoms with Crippen molar-refractivity contribution >= 4 is 11.9 Å². The average Bonchev–Trinajstić information content (AvgIpc) is 2.36. The minimum Gasteiger partial charge on any atom is -0.480 e. The van der Waals surface area contributed by atoms with Gasteiger partial charge in [-0.15, -0.1) is 6.58 Å². The topological polar surface area (TPSA) is 103 Å². The third kappa shape index (κ3) is 4.01. The molecule has 0 fully saturated rings. The third-order valence-electron chi connectivity index (χ3n) is 2.84. The van der Waals surface area contributed by atoms with Crippen LogP contribution in [0, 0.1) is 6.92 Å². The molecular weight excluding hydrogens is 274 g/mol.